The lowest BCUT2D eigenvalue weighted by Crippen LogP contribution is -2.41. The van der Waals surface area contributed by atoms with Crippen LogP contribution >= 0.6 is 0 Å². The molecule has 0 aliphatic heterocycles. The van der Waals surface area contributed by atoms with Crippen molar-refractivity contribution < 1.29 is 4.79 Å². The second kappa shape index (κ2) is 6.99. The van der Waals surface area contributed by atoms with Crippen molar-refractivity contribution in [2.24, 2.45) is 0 Å². The minimum absolute atomic E-state index is 0.0673. The molecule has 1 aromatic rings. The van der Waals surface area contributed by atoms with E-state index in [-0.39, 0.29) is 17.6 Å². The molecule has 0 aromatic carbocycles. The average Bonchev–Trinajstić information content (AvgIpc) is 2.77. The van der Waals surface area contributed by atoms with Crippen molar-refractivity contribution in [1.29, 1.82) is 0 Å². The van der Waals surface area contributed by atoms with Crippen molar-refractivity contribution in [2.75, 3.05) is 13.1 Å². The lowest BCUT2D eigenvalue weighted by molar-refractivity contribution is 0.201. The highest BCUT2D eigenvalue weighted by molar-refractivity contribution is 5.75. The highest BCUT2D eigenvalue weighted by atomic mass is 16.2. The van der Waals surface area contributed by atoms with Crippen LogP contribution in [-0.2, 0) is 5.54 Å². The van der Waals surface area contributed by atoms with E-state index < -0.39 is 0 Å². The summed E-state index contributed by atoms with van der Waals surface area (Å²) in [6.45, 7) is 19.3. The van der Waals surface area contributed by atoms with E-state index in [9.17, 15) is 4.79 Å². The number of aryl methyl sites for hydroxylation is 1. The van der Waals surface area contributed by atoms with Crippen LogP contribution in [0.3, 0.4) is 0 Å². The van der Waals surface area contributed by atoms with Gasteiger partial charge in [-0.1, -0.05) is 12.2 Å². The summed E-state index contributed by atoms with van der Waals surface area (Å²) in [5.41, 5.74) is 2.91. The number of nitrogens with one attached hydrogen (secondary N) is 1. The molecule has 1 unspecified atom stereocenters. The first kappa shape index (κ1) is 18.3. The molecule has 22 heavy (non-hydrogen) atoms. The Morgan fingerprint density at radius 1 is 1.50 bits per heavy atom. The zero-order chi connectivity index (χ0) is 17.1. The molecule has 1 N–H and O–H groups in total. The Kier molecular flexibility index (Phi) is 5.80. The van der Waals surface area contributed by atoms with Crippen LogP contribution < -0.4 is 5.32 Å². The summed E-state index contributed by atoms with van der Waals surface area (Å²) in [6.07, 6.45) is 2.02. The van der Waals surface area contributed by atoms with E-state index in [1.165, 1.54) is 0 Å². The third kappa shape index (κ3) is 4.61. The topological polar surface area (TPSA) is 50.2 Å². The van der Waals surface area contributed by atoms with Gasteiger partial charge in [-0.3, -0.25) is 4.68 Å². The van der Waals surface area contributed by atoms with Gasteiger partial charge in [-0.25, -0.2) is 4.79 Å². The quantitative estimate of drug-likeness (QED) is 0.845. The third-order valence-electron chi connectivity index (χ3n) is 3.56. The molecule has 0 saturated heterocycles. The van der Waals surface area contributed by atoms with Gasteiger partial charge in [0.15, 0.2) is 0 Å². The van der Waals surface area contributed by atoms with E-state index in [4.69, 9.17) is 0 Å². The summed E-state index contributed by atoms with van der Waals surface area (Å²) < 4.78 is 1.95. The molecular weight excluding hydrogens is 276 g/mol. The Hall–Kier alpha value is -1.78. The second-order valence-electron chi connectivity index (χ2n) is 6.93. The van der Waals surface area contributed by atoms with E-state index in [2.05, 4.69) is 37.8 Å². The lowest BCUT2D eigenvalue weighted by atomic mass is 10.1. The van der Waals surface area contributed by atoms with E-state index in [1.807, 2.05) is 38.6 Å². The zero-order valence-corrected chi connectivity index (χ0v) is 15.0. The fourth-order valence-corrected chi connectivity index (χ4v) is 2.25. The van der Waals surface area contributed by atoms with Gasteiger partial charge in [0, 0.05) is 24.8 Å². The Morgan fingerprint density at radius 2 is 2.09 bits per heavy atom. The first-order valence-corrected chi connectivity index (χ1v) is 7.82. The molecule has 5 nitrogen and oxygen atoms in total. The molecule has 0 radical (unpaired) electrons. The van der Waals surface area contributed by atoms with Crippen molar-refractivity contribution in [3.05, 3.63) is 29.6 Å². The smallest absolute Gasteiger partial charge is 0.318 e. The first-order valence-electron chi connectivity index (χ1n) is 7.82. The maximum atomic E-state index is 12.4. The Bertz CT molecular complexity index is 539. The van der Waals surface area contributed by atoms with Crippen LogP contribution in [0, 0.1) is 6.92 Å². The SMILES string of the molecule is C=C(C)CN(CC)C(=O)NC(C)c1cn(C(C)(C)C)nc1C. The van der Waals surface area contributed by atoms with Crippen LogP contribution in [0.25, 0.3) is 0 Å². The van der Waals surface area contributed by atoms with Crippen LogP contribution in [0.1, 0.15) is 58.8 Å². The summed E-state index contributed by atoms with van der Waals surface area (Å²) in [6, 6.07) is -0.149. The van der Waals surface area contributed by atoms with Crippen molar-refractivity contribution in [3.8, 4) is 0 Å². The summed E-state index contributed by atoms with van der Waals surface area (Å²) in [4.78, 5) is 14.1. The summed E-state index contributed by atoms with van der Waals surface area (Å²) in [5.74, 6) is 0. The van der Waals surface area contributed by atoms with Gasteiger partial charge >= 0.3 is 6.03 Å². The number of carbonyl (C=O) groups excluding carboxylic acids is 1. The molecule has 0 spiro atoms. The molecule has 0 aliphatic carbocycles. The van der Waals surface area contributed by atoms with E-state index in [0.717, 1.165) is 16.8 Å². The number of hydrogen-bond acceptors (Lipinski definition) is 2. The Balaban J connectivity index is 2.84. The summed E-state index contributed by atoms with van der Waals surface area (Å²) >= 11 is 0. The molecule has 1 aromatic heterocycles. The maximum Gasteiger partial charge on any atom is 0.318 e. The average molecular weight is 306 g/mol. The van der Waals surface area contributed by atoms with Crippen LogP contribution in [0.15, 0.2) is 18.3 Å². The molecule has 0 saturated carbocycles. The van der Waals surface area contributed by atoms with Gasteiger partial charge in [-0.15, -0.1) is 0 Å². The molecule has 1 rings (SSSR count). The van der Waals surface area contributed by atoms with Crippen molar-refractivity contribution >= 4 is 6.03 Å². The van der Waals surface area contributed by atoms with Crippen molar-refractivity contribution in [3.63, 3.8) is 0 Å². The number of amides is 2. The fourth-order valence-electron chi connectivity index (χ4n) is 2.25. The van der Waals surface area contributed by atoms with Crippen molar-refractivity contribution in [2.45, 2.75) is 60.0 Å². The lowest BCUT2D eigenvalue weighted by Gasteiger charge is -2.24. The maximum absolute atomic E-state index is 12.4. The second-order valence-corrected chi connectivity index (χ2v) is 6.93. The van der Waals surface area contributed by atoms with Gasteiger partial charge in [-0.2, -0.15) is 5.10 Å². The monoisotopic (exact) mass is 306 g/mol. The number of nitrogens with zero attached hydrogens (tertiary/aromatic N) is 3. The van der Waals surface area contributed by atoms with Gasteiger partial charge in [0.05, 0.1) is 17.3 Å². The molecule has 2 amide bonds. The normalized spacial score (nSPS) is 12.9. The predicted octanol–water partition coefficient (Wildman–Crippen LogP) is 3.62. The van der Waals surface area contributed by atoms with Crippen molar-refractivity contribution in [1.82, 2.24) is 20.0 Å². The van der Waals surface area contributed by atoms with Crippen LogP contribution in [0.4, 0.5) is 4.79 Å². The van der Waals surface area contributed by atoms with Crippen LogP contribution in [-0.4, -0.2) is 33.8 Å². The highest BCUT2D eigenvalue weighted by Crippen LogP contribution is 2.21. The first-order chi connectivity index (χ1) is 10.1. The predicted molar refractivity (Wildman–Crippen MR) is 91.0 cm³/mol. The van der Waals surface area contributed by atoms with Gasteiger partial charge < -0.3 is 10.2 Å². The number of aromatic nitrogens is 2. The molecule has 0 bridgehead atoms. The van der Waals surface area contributed by atoms with Gasteiger partial charge in [-0.05, 0) is 48.5 Å². The molecule has 0 fully saturated rings. The number of urea groups is 1. The Morgan fingerprint density at radius 3 is 2.50 bits per heavy atom. The van der Waals surface area contributed by atoms with Gasteiger partial charge in [0.2, 0.25) is 0 Å². The van der Waals surface area contributed by atoms with Gasteiger partial charge in [0.25, 0.3) is 0 Å². The molecule has 1 heterocycles. The number of rotatable bonds is 5. The number of likely N-dealkylation sites (N-methyl/N-ethyl adjacent to an activating group) is 1. The van der Waals surface area contributed by atoms with E-state index in [0.29, 0.717) is 13.1 Å². The molecule has 1 atom stereocenters. The minimum atomic E-state index is -0.0808. The zero-order valence-electron chi connectivity index (χ0n) is 15.0. The largest absolute Gasteiger partial charge is 0.331 e. The molecule has 0 aliphatic rings. The standard InChI is InChI=1S/C17H30N4O/c1-9-20(10-12(2)3)16(22)18-13(4)15-11-21(17(6,7)8)19-14(15)5/h11,13H,2,9-10H2,1,3-8H3,(H,18,22). The highest BCUT2D eigenvalue weighted by Gasteiger charge is 2.21. The fraction of sp³-hybridized carbons (Fsp3) is 0.647. The van der Waals surface area contributed by atoms with Crippen LogP contribution in [0.5, 0.6) is 0 Å². The third-order valence-corrected chi connectivity index (χ3v) is 3.56. The van der Waals surface area contributed by atoms with E-state index in [1.54, 1.807) is 4.90 Å². The van der Waals surface area contributed by atoms with Crippen LogP contribution in [0.2, 0.25) is 0 Å². The molecule has 5 heteroatoms. The van der Waals surface area contributed by atoms with E-state index >= 15 is 0 Å². The summed E-state index contributed by atoms with van der Waals surface area (Å²) in [5, 5.41) is 7.61. The molecule has 124 valence electrons. The minimum Gasteiger partial charge on any atom is -0.331 e. The molecular formula is C17H30N4O. The summed E-state index contributed by atoms with van der Waals surface area (Å²) in [7, 11) is 0. The number of carbonyl (C=O) groups is 1. The van der Waals surface area contributed by atoms with Gasteiger partial charge in [0.1, 0.15) is 0 Å². The Labute approximate surface area is 134 Å². The number of hydrogen-bond donors (Lipinski definition) is 1.